The van der Waals surface area contributed by atoms with Crippen molar-refractivity contribution >= 4 is 18.5 Å². The van der Waals surface area contributed by atoms with Crippen molar-refractivity contribution in [2.75, 3.05) is 13.1 Å². The molecule has 110 valence electrons. The molecule has 2 aliphatic heterocycles. The molecule has 3 aliphatic rings. The van der Waals surface area contributed by atoms with Crippen molar-refractivity contribution in [2.45, 2.75) is 31.5 Å². The largest absolute Gasteiger partial charge is 0.491 e. The first-order valence-electron chi connectivity index (χ1n) is 7.51. The van der Waals surface area contributed by atoms with E-state index in [1.54, 1.807) is 23.1 Å². The van der Waals surface area contributed by atoms with Crippen LogP contribution in [0.2, 0.25) is 0 Å². The van der Waals surface area contributed by atoms with E-state index >= 15 is 0 Å². The molecule has 1 saturated heterocycles. The van der Waals surface area contributed by atoms with Gasteiger partial charge in [-0.15, -0.1) is 0 Å². The maximum absolute atomic E-state index is 12.6. The number of hydrogen-bond acceptors (Lipinski definition) is 4. The van der Waals surface area contributed by atoms with Crippen molar-refractivity contribution in [3.05, 3.63) is 29.3 Å². The SMILES string of the molecule is O=C(c1ccc2c(c1)COB2O)N1CCC(O)(C2CC2)C1. The first-order valence-corrected chi connectivity index (χ1v) is 7.51. The molecule has 6 heteroatoms. The fourth-order valence-corrected chi connectivity index (χ4v) is 3.49. The zero-order chi connectivity index (χ0) is 14.6. The second-order valence-electron chi connectivity index (χ2n) is 6.43. The van der Waals surface area contributed by atoms with Crippen molar-refractivity contribution in [1.29, 1.82) is 0 Å². The Morgan fingerprint density at radius 3 is 3.00 bits per heavy atom. The van der Waals surface area contributed by atoms with Crippen molar-refractivity contribution < 1.29 is 19.6 Å². The average Bonchev–Trinajstić information content (AvgIpc) is 3.19. The molecule has 0 radical (unpaired) electrons. The van der Waals surface area contributed by atoms with Crippen LogP contribution in [0, 0.1) is 5.92 Å². The molecule has 2 N–H and O–H groups in total. The Bertz CT molecular complexity index is 603. The molecule has 2 fully saturated rings. The first-order chi connectivity index (χ1) is 10.1. The van der Waals surface area contributed by atoms with Crippen LogP contribution in [0.5, 0.6) is 0 Å². The summed E-state index contributed by atoms with van der Waals surface area (Å²) in [6.07, 6.45) is 2.83. The lowest BCUT2D eigenvalue weighted by Crippen LogP contribution is -2.38. The summed E-state index contributed by atoms with van der Waals surface area (Å²) in [4.78, 5) is 14.3. The Morgan fingerprint density at radius 2 is 2.24 bits per heavy atom. The lowest BCUT2D eigenvalue weighted by molar-refractivity contribution is 0.0257. The Morgan fingerprint density at radius 1 is 1.43 bits per heavy atom. The van der Waals surface area contributed by atoms with Crippen LogP contribution in [0.25, 0.3) is 0 Å². The van der Waals surface area contributed by atoms with Gasteiger partial charge in [0.25, 0.3) is 5.91 Å². The summed E-state index contributed by atoms with van der Waals surface area (Å²) < 4.78 is 5.15. The van der Waals surface area contributed by atoms with E-state index in [1.807, 2.05) is 0 Å². The standard InChI is InChI=1S/C15H18BNO4/c18-14(17-6-5-15(19,9-17)12-2-3-12)10-1-4-13-11(7-10)8-21-16(13)20/h1,4,7,12,19-20H,2-3,5-6,8-9H2. The van der Waals surface area contributed by atoms with Gasteiger partial charge in [0.05, 0.1) is 18.8 Å². The van der Waals surface area contributed by atoms with Gasteiger partial charge >= 0.3 is 7.12 Å². The van der Waals surface area contributed by atoms with E-state index in [1.165, 1.54) is 0 Å². The Kier molecular flexibility index (Phi) is 2.89. The lowest BCUT2D eigenvalue weighted by atomic mass is 9.79. The van der Waals surface area contributed by atoms with Crippen molar-refractivity contribution in [3.8, 4) is 0 Å². The summed E-state index contributed by atoms with van der Waals surface area (Å²) in [5, 5.41) is 20.1. The molecule has 0 bridgehead atoms. The molecular formula is C15H18BNO4. The number of fused-ring (bicyclic) bond motifs is 1. The minimum absolute atomic E-state index is 0.0456. The molecule has 1 amide bonds. The van der Waals surface area contributed by atoms with Gasteiger partial charge in [-0.2, -0.15) is 0 Å². The molecule has 0 aromatic heterocycles. The van der Waals surface area contributed by atoms with E-state index in [2.05, 4.69) is 0 Å². The molecule has 1 aliphatic carbocycles. The number of nitrogens with zero attached hydrogens (tertiary/aromatic N) is 1. The van der Waals surface area contributed by atoms with E-state index in [4.69, 9.17) is 4.65 Å². The predicted octanol–water partition coefficient (Wildman–Crippen LogP) is -0.109. The number of benzene rings is 1. The highest BCUT2D eigenvalue weighted by molar-refractivity contribution is 6.61. The number of likely N-dealkylation sites (tertiary alicyclic amines) is 1. The quantitative estimate of drug-likeness (QED) is 0.745. The highest BCUT2D eigenvalue weighted by Gasteiger charge is 2.49. The van der Waals surface area contributed by atoms with Crippen LogP contribution in [0.1, 0.15) is 35.2 Å². The van der Waals surface area contributed by atoms with E-state index in [0.717, 1.165) is 23.9 Å². The minimum atomic E-state index is -0.879. The molecule has 21 heavy (non-hydrogen) atoms. The van der Waals surface area contributed by atoms with Crippen LogP contribution in [0.4, 0.5) is 0 Å². The molecule has 5 nitrogen and oxygen atoms in total. The van der Waals surface area contributed by atoms with Gasteiger partial charge in [0.2, 0.25) is 0 Å². The molecule has 1 atom stereocenters. The number of aliphatic hydroxyl groups is 1. The van der Waals surface area contributed by atoms with E-state index in [9.17, 15) is 14.9 Å². The van der Waals surface area contributed by atoms with Gasteiger partial charge in [0.1, 0.15) is 0 Å². The van der Waals surface area contributed by atoms with Crippen molar-refractivity contribution in [2.24, 2.45) is 5.92 Å². The molecule has 1 aromatic rings. The summed E-state index contributed by atoms with van der Waals surface area (Å²) in [7, 11) is -0.879. The smallest absolute Gasteiger partial charge is 0.423 e. The third-order valence-electron chi connectivity index (χ3n) is 4.96. The summed E-state index contributed by atoms with van der Waals surface area (Å²) in [5.74, 6) is 0.328. The Labute approximate surface area is 123 Å². The zero-order valence-corrected chi connectivity index (χ0v) is 11.8. The normalized spacial score (nSPS) is 28.1. The molecule has 0 spiro atoms. The Balaban J connectivity index is 1.53. The number of carbonyl (C=O) groups excluding carboxylic acids is 1. The van der Waals surface area contributed by atoms with Crippen LogP contribution in [-0.2, 0) is 11.3 Å². The van der Waals surface area contributed by atoms with Crippen LogP contribution >= 0.6 is 0 Å². The molecule has 1 saturated carbocycles. The first kappa shape index (κ1) is 13.3. The van der Waals surface area contributed by atoms with Crippen LogP contribution < -0.4 is 5.46 Å². The van der Waals surface area contributed by atoms with E-state index < -0.39 is 12.7 Å². The second kappa shape index (κ2) is 4.56. The number of β-amino-alcohol motifs (C(OH)–C–C–N with tert-alkyl or cyclic N) is 1. The molecule has 1 unspecified atom stereocenters. The van der Waals surface area contributed by atoms with Gasteiger partial charge in [-0.1, -0.05) is 6.07 Å². The molecular weight excluding hydrogens is 269 g/mol. The fourth-order valence-electron chi connectivity index (χ4n) is 3.49. The zero-order valence-electron chi connectivity index (χ0n) is 11.8. The number of amides is 1. The average molecular weight is 287 g/mol. The van der Waals surface area contributed by atoms with Crippen molar-refractivity contribution in [1.82, 2.24) is 4.90 Å². The molecule has 2 heterocycles. The van der Waals surface area contributed by atoms with Crippen LogP contribution in [-0.4, -0.2) is 46.7 Å². The topological polar surface area (TPSA) is 70.0 Å². The molecule has 4 rings (SSSR count). The highest BCUT2D eigenvalue weighted by Crippen LogP contribution is 2.44. The summed E-state index contributed by atoms with van der Waals surface area (Å²) in [6, 6.07) is 5.28. The predicted molar refractivity (Wildman–Crippen MR) is 77.0 cm³/mol. The molecule has 1 aromatic carbocycles. The monoisotopic (exact) mass is 287 g/mol. The van der Waals surface area contributed by atoms with E-state index in [-0.39, 0.29) is 5.91 Å². The maximum Gasteiger partial charge on any atom is 0.491 e. The Hall–Kier alpha value is -1.37. The maximum atomic E-state index is 12.6. The van der Waals surface area contributed by atoms with Gasteiger partial charge < -0.3 is 19.7 Å². The summed E-state index contributed by atoms with van der Waals surface area (Å²) in [6.45, 7) is 1.39. The third kappa shape index (κ3) is 2.18. The number of rotatable bonds is 2. The number of carbonyl (C=O) groups is 1. The van der Waals surface area contributed by atoms with Gasteiger partial charge in [0.15, 0.2) is 0 Å². The van der Waals surface area contributed by atoms with E-state index in [0.29, 0.717) is 37.6 Å². The van der Waals surface area contributed by atoms with Crippen LogP contribution in [0.15, 0.2) is 18.2 Å². The van der Waals surface area contributed by atoms with Crippen molar-refractivity contribution in [3.63, 3.8) is 0 Å². The van der Waals surface area contributed by atoms with Gasteiger partial charge in [-0.3, -0.25) is 4.79 Å². The van der Waals surface area contributed by atoms with Gasteiger partial charge in [0, 0.05) is 12.1 Å². The van der Waals surface area contributed by atoms with Crippen LogP contribution in [0.3, 0.4) is 0 Å². The fraction of sp³-hybridized carbons (Fsp3) is 0.533. The lowest BCUT2D eigenvalue weighted by Gasteiger charge is -2.23. The summed E-state index contributed by atoms with van der Waals surface area (Å²) >= 11 is 0. The number of hydrogen-bond donors (Lipinski definition) is 2. The highest BCUT2D eigenvalue weighted by atomic mass is 16.5. The summed E-state index contributed by atoms with van der Waals surface area (Å²) in [5.41, 5.74) is 1.53. The second-order valence-corrected chi connectivity index (χ2v) is 6.43. The minimum Gasteiger partial charge on any atom is -0.423 e. The third-order valence-corrected chi connectivity index (χ3v) is 4.96. The van der Waals surface area contributed by atoms with Gasteiger partial charge in [-0.25, -0.2) is 0 Å². The van der Waals surface area contributed by atoms with Gasteiger partial charge in [-0.05, 0) is 48.3 Å².